The van der Waals surface area contributed by atoms with Gasteiger partial charge in [-0.15, -0.1) is 0 Å². The van der Waals surface area contributed by atoms with Crippen molar-refractivity contribution >= 4 is 15.7 Å². The first kappa shape index (κ1) is 14.3. The van der Waals surface area contributed by atoms with E-state index in [1.807, 2.05) is 0 Å². The Kier molecular flexibility index (Phi) is 3.91. The van der Waals surface area contributed by atoms with E-state index in [2.05, 4.69) is 5.32 Å². The van der Waals surface area contributed by atoms with E-state index in [1.165, 1.54) is 24.3 Å². The number of sulfonamides is 1. The lowest BCUT2D eigenvalue weighted by atomic mass is 10.2. The van der Waals surface area contributed by atoms with Gasteiger partial charge in [0.1, 0.15) is 0 Å². The van der Waals surface area contributed by atoms with Crippen molar-refractivity contribution in [1.29, 1.82) is 0 Å². The van der Waals surface area contributed by atoms with Gasteiger partial charge in [-0.25, -0.2) is 17.9 Å². The molecule has 2 aromatic carbocycles. The number of benzene rings is 2. The molecule has 4 N–H and O–H groups in total. The van der Waals surface area contributed by atoms with Gasteiger partial charge in [0, 0.05) is 12.2 Å². The smallest absolute Gasteiger partial charge is 0.238 e. The topological polar surface area (TPSA) is 92.4 Å². The van der Waals surface area contributed by atoms with Crippen LogP contribution in [0.15, 0.2) is 47.4 Å². The standard InChI is InChI=1S/C13H13FN2O3S/c14-12-7-9(1-6-13(12)17)8-16-10-2-4-11(5-3-10)20(15,18)19/h1-7,16-17H,8H2,(H2,15,18,19). The van der Waals surface area contributed by atoms with Gasteiger partial charge in [-0.1, -0.05) is 6.07 Å². The molecule has 0 aliphatic rings. The number of halogens is 1. The van der Waals surface area contributed by atoms with Crippen LogP contribution in [0.3, 0.4) is 0 Å². The van der Waals surface area contributed by atoms with Crippen LogP contribution < -0.4 is 10.5 Å². The Morgan fingerprint density at radius 2 is 1.80 bits per heavy atom. The highest BCUT2D eigenvalue weighted by molar-refractivity contribution is 7.89. The summed E-state index contributed by atoms with van der Waals surface area (Å²) < 4.78 is 35.3. The van der Waals surface area contributed by atoms with Crippen LogP contribution in [0.5, 0.6) is 5.75 Å². The SMILES string of the molecule is NS(=O)(=O)c1ccc(NCc2ccc(O)c(F)c2)cc1. The molecule has 0 fully saturated rings. The summed E-state index contributed by atoms with van der Waals surface area (Å²) in [5.74, 6) is -1.08. The van der Waals surface area contributed by atoms with Gasteiger partial charge in [-0.2, -0.15) is 0 Å². The Morgan fingerprint density at radius 3 is 2.35 bits per heavy atom. The van der Waals surface area contributed by atoms with E-state index < -0.39 is 21.6 Å². The second-order valence-corrected chi connectivity index (χ2v) is 5.77. The normalized spacial score (nSPS) is 11.3. The third-order valence-electron chi connectivity index (χ3n) is 2.69. The molecule has 0 aliphatic carbocycles. The molecule has 5 nitrogen and oxygen atoms in total. The van der Waals surface area contributed by atoms with E-state index in [0.717, 1.165) is 0 Å². The Hall–Kier alpha value is -2.12. The van der Waals surface area contributed by atoms with Crippen LogP contribution in [-0.2, 0) is 16.6 Å². The Balaban J connectivity index is 2.06. The van der Waals surface area contributed by atoms with Gasteiger partial charge >= 0.3 is 0 Å². The van der Waals surface area contributed by atoms with Gasteiger partial charge in [0.05, 0.1) is 4.90 Å². The summed E-state index contributed by atoms with van der Waals surface area (Å²) in [6, 6.07) is 9.98. The highest BCUT2D eigenvalue weighted by atomic mass is 32.2. The molecule has 0 bridgehead atoms. The number of phenolic OH excluding ortho intramolecular Hbond substituents is 1. The predicted molar refractivity (Wildman–Crippen MR) is 73.2 cm³/mol. The zero-order valence-corrected chi connectivity index (χ0v) is 11.2. The van der Waals surface area contributed by atoms with Gasteiger partial charge in [0.2, 0.25) is 10.0 Å². The van der Waals surface area contributed by atoms with Crippen molar-refractivity contribution in [3.05, 3.63) is 53.8 Å². The van der Waals surface area contributed by atoms with Gasteiger partial charge in [-0.3, -0.25) is 0 Å². The number of nitrogens with two attached hydrogens (primary N) is 1. The van der Waals surface area contributed by atoms with Gasteiger partial charge < -0.3 is 10.4 Å². The number of aromatic hydroxyl groups is 1. The molecule has 0 spiro atoms. The molecule has 0 saturated heterocycles. The number of rotatable bonds is 4. The molecule has 0 heterocycles. The monoisotopic (exact) mass is 296 g/mol. The van der Waals surface area contributed by atoms with Crippen LogP contribution >= 0.6 is 0 Å². The van der Waals surface area contributed by atoms with Gasteiger partial charge in [-0.05, 0) is 42.0 Å². The Bertz CT molecular complexity index is 715. The first-order chi connectivity index (χ1) is 9.36. The number of phenols is 1. The summed E-state index contributed by atoms with van der Waals surface area (Å²) in [6.07, 6.45) is 0. The minimum atomic E-state index is -3.70. The second-order valence-electron chi connectivity index (χ2n) is 4.21. The fraction of sp³-hybridized carbons (Fsp3) is 0.0769. The van der Waals surface area contributed by atoms with Crippen molar-refractivity contribution in [2.75, 3.05) is 5.32 Å². The van der Waals surface area contributed by atoms with Crippen LogP contribution in [0.4, 0.5) is 10.1 Å². The summed E-state index contributed by atoms with van der Waals surface area (Å²) >= 11 is 0. The molecule has 0 saturated carbocycles. The summed E-state index contributed by atoms with van der Waals surface area (Å²) in [6.45, 7) is 0.339. The molecule has 0 aliphatic heterocycles. The fourth-order valence-corrected chi connectivity index (χ4v) is 2.14. The van der Waals surface area contributed by atoms with E-state index in [9.17, 15) is 12.8 Å². The maximum Gasteiger partial charge on any atom is 0.238 e. The van der Waals surface area contributed by atoms with Gasteiger partial charge in [0.15, 0.2) is 11.6 Å². The molecule has 106 valence electrons. The van der Waals surface area contributed by atoms with Crippen molar-refractivity contribution in [3.63, 3.8) is 0 Å². The van der Waals surface area contributed by atoms with Crippen molar-refractivity contribution < 1.29 is 17.9 Å². The molecule has 2 aromatic rings. The van der Waals surface area contributed by atoms with Crippen LogP contribution in [0, 0.1) is 5.82 Å². The Morgan fingerprint density at radius 1 is 1.15 bits per heavy atom. The maximum absolute atomic E-state index is 13.1. The molecule has 0 aromatic heterocycles. The average Bonchev–Trinajstić information content (AvgIpc) is 2.40. The number of nitrogens with one attached hydrogen (secondary N) is 1. The van der Waals surface area contributed by atoms with Crippen molar-refractivity contribution in [3.8, 4) is 5.75 Å². The predicted octanol–water partition coefficient (Wildman–Crippen LogP) is 1.79. The van der Waals surface area contributed by atoms with Crippen molar-refractivity contribution in [2.24, 2.45) is 5.14 Å². The van der Waals surface area contributed by atoms with E-state index in [1.54, 1.807) is 18.2 Å². The molecule has 7 heteroatoms. The fourth-order valence-electron chi connectivity index (χ4n) is 1.63. The van der Waals surface area contributed by atoms with Crippen LogP contribution in [0.2, 0.25) is 0 Å². The first-order valence-corrected chi connectivity index (χ1v) is 7.25. The number of anilines is 1. The maximum atomic E-state index is 13.1. The third-order valence-corrected chi connectivity index (χ3v) is 3.62. The summed E-state index contributed by atoms with van der Waals surface area (Å²) in [5, 5.41) is 17.1. The third kappa shape index (κ3) is 3.46. The highest BCUT2D eigenvalue weighted by Crippen LogP contribution is 2.18. The van der Waals surface area contributed by atoms with Crippen LogP contribution in [0.25, 0.3) is 0 Å². The zero-order chi connectivity index (χ0) is 14.8. The lowest BCUT2D eigenvalue weighted by Gasteiger charge is -2.07. The average molecular weight is 296 g/mol. The molecular weight excluding hydrogens is 283 g/mol. The molecule has 0 unspecified atom stereocenters. The molecule has 0 radical (unpaired) electrons. The largest absolute Gasteiger partial charge is 0.505 e. The summed E-state index contributed by atoms with van der Waals surface area (Å²) in [7, 11) is -3.70. The number of hydrogen-bond donors (Lipinski definition) is 3. The summed E-state index contributed by atoms with van der Waals surface area (Å²) in [5.41, 5.74) is 1.32. The quantitative estimate of drug-likeness (QED) is 0.802. The number of hydrogen-bond acceptors (Lipinski definition) is 4. The highest BCUT2D eigenvalue weighted by Gasteiger charge is 2.06. The number of primary sulfonamides is 1. The second kappa shape index (κ2) is 5.48. The van der Waals surface area contributed by atoms with Crippen molar-refractivity contribution in [2.45, 2.75) is 11.4 Å². The first-order valence-electron chi connectivity index (χ1n) is 5.70. The lowest BCUT2D eigenvalue weighted by Crippen LogP contribution is -2.12. The van der Waals surface area contributed by atoms with Gasteiger partial charge in [0.25, 0.3) is 0 Å². The van der Waals surface area contributed by atoms with E-state index in [-0.39, 0.29) is 4.90 Å². The van der Waals surface area contributed by atoms with E-state index >= 15 is 0 Å². The molecule has 2 rings (SSSR count). The van der Waals surface area contributed by atoms with E-state index in [0.29, 0.717) is 17.8 Å². The lowest BCUT2D eigenvalue weighted by molar-refractivity contribution is 0.432. The summed E-state index contributed by atoms with van der Waals surface area (Å²) in [4.78, 5) is 0.0266. The minimum Gasteiger partial charge on any atom is -0.505 e. The van der Waals surface area contributed by atoms with Crippen molar-refractivity contribution in [1.82, 2.24) is 0 Å². The molecular formula is C13H13FN2O3S. The molecule has 0 amide bonds. The zero-order valence-electron chi connectivity index (χ0n) is 10.4. The molecule has 0 atom stereocenters. The molecule has 20 heavy (non-hydrogen) atoms. The Labute approximate surface area is 115 Å². The van der Waals surface area contributed by atoms with Crippen LogP contribution in [-0.4, -0.2) is 13.5 Å². The van der Waals surface area contributed by atoms with Crippen LogP contribution in [0.1, 0.15) is 5.56 Å². The minimum absolute atomic E-state index is 0.0266. The van der Waals surface area contributed by atoms with E-state index in [4.69, 9.17) is 10.2 Å².